The first-order valence-electron chi connectivity index (χ1n) is 9.29. The van der Waals surface area contributed by atoms with Gasteiger partial charge in [-0.3, -0.25) is 0 Å². The lowest BCUT2D eigenvalue weighted by Gasteiger charge is -2.28. The zero-order valence-electron chi connectivity index (χ0n) is 14.8. The molecule has 2 nitrogen and oxygen atoms in total. The summed E-state index contributed by atoms with van der Waals surface area (Å²) >= 11 is 0. The van der Waals surface area contributed by atoms with Gasteiger partial charge in [-0.15, -0.1) is 0 Å². The van der Waals surface area contributed by atoms with E-state index in [0.717, 1.165) is 24.8 Å². The van der Waals surface area contributed by atoms with Crippen molar-refractivity contribution >= 4 is 0 Å². The highest BCUT2D eigenvalue weighted by molar-refractivity contribution is 5.45. The van der Waals surface area contributed by atoms with Crippen LogP contribution in [0.25, 0.3) is 0 Å². The largest absolute Gasteiger partial charge is 0.390 e. The van der Waals surface area contributed by atoms with Crippen LogP contribution in [0.5, 0.6) is 0 Å². The van der Waals surface area contributed by atoms with Gasteiger partial charge in [0.05, 0.1) is 6.10 Å². The first-order valence-corrected chi connectivity index (χ1v) is 9.29. The van der Waals surface area contributed by atoms with E-state index in [4.69, 9.17) is 0 Å². The Morgan fingerprint density at radius 2 is 1.27 bits per heavy atom. The topological polar surface area (TPSA) is 40.5 Å². The zero-order valence-corrected chi connectivity index (χ0v) is 14.8. The lowest BCUT2D eigenvalue weighted by Crippen LogP contribution is -2.25. The summed E-state index contributed by atoms with van der Waals surface area (Å²) in [5.74, 6) is 0. The third-order valence-corrected chi connectivity index (χ3v) is 5.33. The SMILES string of the molecule is OC1CCc2cc(Cc3ccccc3)c(Cc3ccccc3)cc2C1O. The Labute approximate surface area is 154 Å². The third-order valence-electron chi connectivity index (χ3n) is 5.33. The standard InChI is InChI=1S/C24H24O2/c25-23-12-11-19-15-20(13-17-7-3-1-4-8-17)21(16-22(19)24(23)26)14-18-9-5-2-6-10-18/h1-10,15-16,23-26H,11-14H2. The minimum Gasteiger partial charge on any atom is -0.390 e. The fraction of sp³-hybridized carbons (Fsp3) is 0.250. The van der Waals surface area contributed by atoms with E-state index >= 15 is 0 Å². The minimum absolute atomic E-state index is 0.622. The minimum atomic E-state index is -0.779. The highest BCUT2D eigenvalue weighted by Crippen LogP contribution is 2.33. The molecule has 26 heavy (non-hydrogen) atoms. The van der Waals surface area contributed by atoms with Crippen molar-refractivity contribution in [2.24, 2.45) is 0 Å². The first-order chi connectivity index (χ1) is 12.7. The third kappa shape index (κ3) is 3.57. The molecular formula is C24H24O2. The van der Waals surface area contributed by atoms with Gasteiger partial charge < -0.3 is 10.2 Å². The molecule has 132 valence electrons. The van der Waals surface area contributed by atoms with E-state index in [2.05, 4.69) is 60.7 Å². The summed E-state index contributed by atoms with van der Waals surface area (Å²) in [5, 5.41) is 20.5. The Bertz CT molecular complexity index is 871. The molecule has 2 N–H and O–H groups in total. The Balaban J connectivity index is 1.75. The van der Waals surface area contributed by atoms with Crippen LogP contribution in [0.1, 0.15) is 45.9 Å². The average molecular weight is 344 g/mol. The Hall–Kier alpha value is -2.42. The maximum atomic E-state index is 10.5. The molecule has 1 aliphatic rings. The summed E-state index contributed by atoms with van der Waals surface area (Å²) in [5.41, 5.74) is 7.15. The molecule has 3 aromatic carbocycles. The molecule has 0 amide bonds. The summed E-state index contributed by atoms with van der Waals surface area (Å²) in [6.45, 7) is 0. The number of benzene rings is 3. The maximum Gasteiger partial charge on any atom is 0.105 e. The number of hydrogen-bond donors (Lipinski definition) is 2. The van der Waals surface area contributed by atoms with Crippen molar-refractivity contribution in [1.29, 1.82) is 0 Å². The van der Waals surface area contributed by atoms with Crippen molar-refractivity contribution in [3.05, 3.63) is 106 Å². The molecule has 0 fully saturated rings. The molecule has 0 saturated heterocycles. The lowest BCUT2D eigenvalue weighted by molar-refractivity contribution is 0.00643. The Morgan fingerprint density at radius 1 is 0.731 bits per heavy atom. The molecule has 2 heteroatoms. The van der Waals surface area contributed by atoms with Gasteiger partial charge in [-0.05, 0) is 59.1 Å². The van der Waals surface area contributed by atoms with Crippen LogP contribution in [0, 0.1) is 0 Å². The fourth-order valence-electron chi connectivity index (χ4n) is 3.88. The highest BCUT2D eigenvalue weighted by atomic mass is 16.3. The predicted molar refractivity (Wildman–Crippen MR) is 104 cm³/mol. The predicted octanol–water partition coefficient (Wildman–Crippen LogP) is 4.21. The summed E-state index contributed by atoms with van der Waals surface area (Å²) in [7, 11) is 0. The molecule has 3 aromatic rings. The van der Waals surface area contributed by atoms with Crippen LogP contribution in [0.3, 0.4) is 0 Å². The van der Waals surface area contributed by atoms with Crippen LogP contribution in [-0.2, 0) is 19.3 Å². The van der Waals surface area contributed by atoms with E-state index in [0.29, 0.717) is 6.42 Å². The summed E-state index contributed by atoms with van der Waals surface area (Å²) in [4.78, 5) is 0. The van der Waals surface area contributed by atoms with Gasteiger partial charge in [0.2, 0.25) is 0 Å². The van der Waals surface area contributed by atoms with E-state index < -0.39 is 12.2 Å². The zero-order chi connectivity index (χ0) is 17.9. The van der Waals surface area contributed by atoms with Crippen molar-refractivity contribution in [2.75, 3.05) is 0 Å². The number of aliphatic hydroxyl groups excluding tert-OH is 2. The number of aryl methyl sites for hydroxylation is 1. The normalized spacial score (nSPS) is 19.2. The van der Waals surface area contributed by atoms with E-state index in [1.165, 1.54) is 27.8 Å². The van der Waals surface area contributed by atoms with Crippen molar-refractivity contribution in [3.63, 3.8) is 0 Å². The number of rotatable bonds is 4. The van der Waals surface area contributed by atoms with Gasteiger partial charge in [0.25, 0.3) is 0 Å². The molecule has 0 radical (unpaired) electrons. The molecule has 0 spiro atoms. The van der Waals surface area contributed by atoms with Gasteiger partial charge in [0.1, 0.15) is 6.10 Å². The van der Waals surface area contributed by atoms with Gasteiger partial charge in [0, 0.05) is 0 Å². The van der Waals surface area contributed by atoms with Crippen molar-refractivity contribution in [3.8, 4) is 0 Å². The van der Waals surface area contributed by atoms with Crippen LogP contribution >= 0.6 is 0 Å². The summed E-state index contributed by atoms with van der Waals surface area (Å²) in [6, 6.07) is 25.3. The quantitative estimate of drug-likeness (QED) is 0.744. The molecule has 4 rings (SSSR count). The van der Waals surface area contributed by atoms with Crippen LogP contribution in [0.4, 0.5) is 0 Å². The molecule has 2 unspecified atom stereocenters. The maximum absolute atomic E-state index is 10.5. The van der Waals surface area contributed by atoms with Gasteiger partial charge in [-0.1, -0.05) is 72.8 Å². The van der Waals surface area contributed by atoms with Crippen LogP contribution < -0.4 is 0 Å². The van der Waals surface area contributed by atoms with Gasteiger partial charge in [-0.2, -0.15) is 0 Å². The average Bonchev–Trinajstić information content (AvgIpc) is 2.67. The highest BCUT2D eigenvalue weighted by Gasteiger charge is 2.27. The number of hydrogen-bond acceptors (Lipinski definition) is 2. The van der Waals surface area contributed by atoms with Crippen LogP contribution in [0.15, 0.2) is 72.8 Å². The van der Waals surface area contributed by atoms with Crippen molar-refractivity contribution in [1.82, 2.24) is 0 Å². The van der Waals surface area contributed by atoms with Gasteiger partial charge in [-0.25, -0.2) is 0 Å². The fourth-order valence-corrected chi connectivity index (χ4v) is 3.88. The molecule has 2 atom stereocenters. The van der Waals surface area contributed by atoms with Gasteiger partial charge in [0.15, 0.2) is 0 Å². The smallest absolute Gasteiger partial charge is 0.105 e. The molecule has 0 heterocycles. The summed E-state index contributed by atoms with van der Waals surface area (Å²) in [6.07, 6.45) is 1.72. The second-order valence-corrected chi connectivity index (χ2v) is 7.20. The van der Waals surface area contributed by atoms with Gasteiger partial charge >= 0.3 is 0 Å². The Morgan fingerprint density at radius 3 is 1.85 bits per heavy atom. The van der Waals surface area contributed by atoms with E-state index in [9.17, 15) is 10.2 Å². The molecule has 0 saturated carbocycles. The van der Waals surface area contributed by atoms with Crippen LogP contribution in [-0.4, -0.2) is 16.3 Å². The first kappa shape index (κ1) is 17.0. The summed E-state index contributed by atoms with van der Waals surface area (Å²) < 4.78 is 0. The molecule has 0 bridgehead atoms. The lowest BCUT2D eigenvalue weighted by atomic mass is 9.82. The second kappa shape index (κ2) is 7.45. The number of fused-ring (bicyclic) bond motifs is 1. The van der Waals surface area contributed by atoms with Crippen molar-refractivity contribution in [2.45, 2.75) is 37.9 Å². The second-order valence-electron chi connectivity index (χ2n) is 7.20. The molecule has 1 aliphatic carbocycles. The molecule has 0 aliphatic heterocycles. The monoisotopic (exact) mass is 344 g/mol. The number of aliphatic hydroxyl groups is 2. The van der Waals surface area contributed by atoms with Crippen LogP contribution in [0.2, 0.25) is 0 Å². The van der Waals surface area contributed by atoms with E-state index in [1.54, 1.807) is 0 Å². The molecular weight excluding hydrogens is 320 g/mol. The Kier molecular flexibility index (Phi) is 4.87. The van der Waals surface area contributed by atoms with E-state index in [1.807, 2.05) is 12.1 Å². The van der Waals surface area contributed by atoms with Crippen molar-refractivity contribution < 1.29 is 10.2 Å². The molecule has 0 aromatic heterocycles. The van der Waals surface area contributed by atoms with E-state index in [-0.39, 0.29) is 0 Å².